The number of rotatable bonds is 5. The van der Waals surface area contributed by atoms with Gasteiger partial charge in [-0.3, -0.25) is 9.59 Å². The number of aliphatic carboxylic acids is 1. The minimum absolute atomic E-state index is 0.0883. The maximum absolute atomic E-state index is 12.6. The van der Waals surface area contributed by atoms with Crippen molar-refractivity contribution in [1.29, 1.82) is 0 Å². The number of nitrogens with one attached hydrogen (secondary N) is 1. The molecule has 1 aliphatic heterocycles. The van der Waals surface area contributed by atoms with Gasteiger partial charge in [0.1, 0.15) is 12.1 Å². The van der Waals surface area contributed by atoms with E-state index in [0.717, 1.165) is 0 Å². The van der Waals surface area contributed by atoms with Gasteiger partial charge in [-0.25, -0.2) is 4.79 Å². The molecule has 25 heavy (non-hydrogen) atoms. The summed E-state index contributed by atoms with van der Waals surface area (Å²) in [4.78, 5) is 37.5. The van der Waals surface area contributed by atoms with Gasteiger partial charge in [-0.1, -0.05) is 29.3 Å². The lowest BCUT2D eigenvalue weighted by molar-refractivity contribution is -0.148. The Morgan fingerprint density at radius 3 is 2.64 bits per heavy atom. The highest BCUT2D eigenvalue weighted by Gasteiger charge is 2.41. The van der Waals surface area contributed by atoms with Crippen LogP contribution in [0, 0.1) is 0 Å². The molecule has 1 aromatic rings. The smallest absolute Gasteiger partial charge is 0.326 e. The zero-order valence-corrected chi connectivity index (χ0v) is 15.2. The number of benzene rings is 1. The van der Waals surface area contributed by atoms with E-state index in [1.54, 1.807) is 12.1 Å². The SMILES string of the molecule is COC1CC(C(=O)O)N(C(=O)C(C)NC(=O)c2cccc(Cl)c2Cl)C1. The third-order valence-corrected chi connectivity index (χ3v) is 4.90. The number of amides is 2. The predicted molar refractivity (Wildman–Crippen MR) is 91.9 cm³/mol. The summed E-state index contributed by atoms with van der Waals surface area (Å²) in [6.07, 6.45) is -0.145. The van der Waals surface area contributed by atoms with E-state index >= 15 is 0 Å². The molecule has 1 aromatic carbocycles. The zero-order valence-electron chi connectivity index (χ0n) is 13.7. The van der Waals surface area contributed by atoms with Crippen LogP contribution in [0.25, 0.3) is 0 Å². The Balaban J connectivity index is 2.10. The molecule has 3 atom stereocenters. The van der Waals surface area contributed by atoms with Gasteiger partial charge in [-0.05, 0) is 19.1 Å². The standard InChI is InChI=1S/C16H18Cl2N2O5/c1-8(19-14(21)10-4-3-5-11(17)13(10)18)15(22)20-7-9(25-2)6-12(20)16(23)24/h3-5,8-9,12H,6-7H2,1-2H3,(H,19,21)(H,23,24). The molecule has 0 bridgehead atoms. The van der Waals surface area contributed by atoms with Crippen molar-refractivity contribution < 1.29 is 24.2 Å². The van der Waals surface area contributed by atoms with Crippen LogP contribution in [0.5, 0.6) is 0 Å². The van der Waals surface area contributed by atoms with E-state index in [4.69, 9.17) is 27.9 Å². The number of nitrogens with zero attached hydrogens (tertiary/aromatic N) is 1. The van der Waals surface area contributed by atoms with Crippen LogP contribution in [-0.4, -0.2) is 59.6 Å². The molecule has 1 fully saturated rings. The number of carbonyl (C=O) groups is 3. The van der Waals surface area contributed by atoms with E-state index in [1.807, 2.05) is 0 Å². The van der Waals surface area contributed by atoms with Crippen LogP contribution in [0.15, 0.2) is 18.2 Å². The molecule has 9 heteroatoms. The summed E-state index contributed by atoms with van der Waals surface area (Å²) >= 11 is 11.9. The van der Waals surface area contributed by atoms with Crippen molar-refractivity contribution in [3.8, 4) is 0 Å². The highest BCUT2D eigenvalue weighted by atomic mass is 35.5. The second-order valence-electron chi connectivity index (χ2n) is 5.73. The van der Waals surface area contributed by atoms with Crippen LogP contribution in [0.3, 0.4) is 0 Å². The fourth-order valence-electron chi connectivity index (χ4n) is 2.71. The first-order chi connectivity index (χ1) is 11.8. The molecule has 1 aliphatic rings. The summed E-state index contributed by atoms with van der Waals surface area (Å²) in [7, 11) is 1.46. The molecule has 2 rings (SSSR count). The summed E-state index contributed by atoms with van der Waals surface area (Å²) < 4.78 is 5.15. The summed E-state index contributed by atoms with van der Waals surface area (Å²) in [5.41, 5.74) is 0.139. The first kappa shape index (κ1) is 19.5. The molecule has 7 nitrogen and oxygen atoms in total. The lowest BCUT2D eigenvalue weighted by Gasteiger charge is -2.25. The molecule has 1 heterocycles. The maximum atomic E-state index is 12.6. The number of methoxy groups -OCH3 is 1. The second-order valence-corrected chi connectivity index (χ2v) is 6.52. The second kappa shape index (κ2) is 8.03. The number of likely N-dealkylation sites (tertiary alicyclic amines) is 1. The molecular weight excluding hydrogens is 371 g/mol. The monoisotopic (exact) mass is 388 g/mol. The highest BCUT2D eigenvalue weighted by molar-refractivity contribution is 6.43. The number of ether oxygens (including phenoxy) is 1. The van der Waals surface area contributed by atoms with Crippen molar-refractivity contribution in [3.63, 3.8) is 0 Å². The van der Waals surface area contributed by atoms with Crippen molar-refractivity contribution in [2.24, 2.45) is 0 Å². The number of carbonyl (C=O) groups excluding carboxylic acids is 2. The van der Waals surface area contributed by atoms with Gasteiger partial charge in [-0.15, -0.1) is 0 Å². The Morgan fingerprint density at radius 2 is 2.04 bits per heavy atom. The van der Waals surface area contributed by atoms with Gasteiger partial charge in [0.15, 0.2) is 0 Å². The first-order valence-corrected chi connectivity index (χ1v) is 8.32. The Labute approximate surface area is 154 Å². The zero-order chi connectivity index (χ0) is 18.7. The quantitative estimate of drug-likeness (QED) is 0.801. The van der Waals surface area contributed by atoms with Crippen molar-refractivity contribution >= 4 is 41.0 Å². The number of carboxylic acid groups (broad SMARTS) is 1. The average molecular weight is 389 g/mol. The van der Waals surface area contributed by atoms with Gasteiger partial charge in [0.2, 0.25) is 5.91 Å². The van der Waals surface area contributed by atoms with Gasteiger partial charge < -0.3 is 20.1 Å². The van der Waals surface area contributed by atoms with E-state index in [9.17, 15) is 19.5 Å². The molecule has 3 unspecified atom stereocenters. The van der Waals surface area contributed by atoms with Crippen LogP contribution in [0.1, 0.15) is 23.7 Å². The minimum atomic E-state index is -1.11. The lowest BCUT2D eigenvalue weighted by atomic mass is 10.1. The van der Waals surface area contributed by atoms with E-state index in [1.165, 1.54) is 25.0 Å². The highest BCUT2D eigenvalue weighted by Crippen LogP contribution is 2.26. The largest absolute Gasteiger partial charge is 0.480 e. The van der Waals surface area contributed by atoms with E-state index in [-0.39, 0.29) is 34.7 Å². The van der Waals surface area contributed by atoms with Gasteiger partial charge in [0.25, 0.3) is 5.91 Å². The van der Waals surface area contributed by atoms with Gasteiger partial charge >= 0.3 is 5.97 Å². The summed E-state index contributed by atoms with van der Waals surface area (Å²) in [5, 5.41) is 12.1. The van der Waals surface area contributed by atoms with E-state index in [0.29, 0.717) is 0 Å². The molecule has 0 spiro atoms. The van der Waals surface area contributed by atoms with Gasteiger partial charge in [0, 0.05) is 20.1 Å². The summed E-state index contributed by atoms with van der Waals surface area (Å²) in [6.45, 7) is 1.64. The molecule has 136 valence electrons. The molecule has 0 aromatic heterocycles. The maximum Gasteiger partial charge on any atom is 0.326 e. The third kappa shape index (κ3) is 4.23. The minimum Gasteiger partial charge on any atom is -0.480 e. The van der Waals surface area contributed by atoms with Gasteiger partial charge in [0.05, 0.1) is 21.7 Å². The fraction of sp³-hybridized carbons (Fsp3) is 0.438. The molecule has 0 aliphatic carbocycles. The van der Waals surface area contributed by atoms with Crippen molar-refractivity contribution in [2.75, 3.05) is 13.7 Å². The lowest BCUT2D eigenvalue weighted by Crippen LogP contribution is -2.50. The Bertz CT molecular complexity index is 697. The molecule has 1 saturated heterocycles. The number of halogens is 2. The average Bonchev–Trinajstić information content (AvgIpc) is 3.01. The Hall–Kier alpha value is -1.83. The topological polar surface area (TPSA) is 95.9 Å². The molecule has 2 amide bonds. The van der Waals surface area contributed by atoms with Crippen LogP contribution in [0.4, 0.5) is 0 Å². The first-order valence-electron chi connectivity index (χ1n) is 7.57. The van der Waals surface area contributed by atoms with Gasteiger partial charge in [-0.2, -0.15) is 0 Å². The predicted octanol–water partition coefficient (Wildman–Crippen LogP) is 1.81. The number of carboxylic acids is 1. The fourth-order valence-corrected chi connectivity index (χ4v) is 3.10. The van der Waals surface area contributed by atoms with E-state index in [2.05, 4.69) is 5.32 Å². The number of hydrogen-bond acceptors (Lipinski definition) is 4. The van der Waals surface area contributed by atoms with Crippen LogP contribution >= 0.6 is 23.2 Å². The molecule has 0 saturated carbocycles. The Morgan fingerprint density at radius 1 is 1.36 bits per heavy atom. The van der Waals surface area contributed by atoms with E-state index < -0.39 is 29.9 Å². The van der Waals surface area contributed by atoms with Crippen molar-refractivity contribution in [1.82, 2.24) is 10.2 Å². The van der Waals surface area contributed by atoms with Crippen LogP contribution in [0.2, 0.25) is 10.0 Å². The normalized spacial score (nSPS) is 21.0. The summed E-state index contributed by atoms with van der Waals surface area (Å²) in [6, 6.07) is 2.69. The van der Waals surface area contributed by atoms with Crippen LogP contribution in [-0.2, 0) is 14.3 Å². The summed E-state index contributed by atoms with van der Waals surface area (Å²) in [5.74, 6) is -2.18. The van der Waals surface area contributed by atoms with Crippen LogP contribution < -0.4 is 5.32 Å². The number of hydrogen-bond donors (Lipinski definition) is 2. The molecule has 2 N–H and O–H groups in total. The molecule has 0 radical (unpaired) electrons. The van der Waals surface area contributed by atoms with Crippen molar-refractivity contribution in [3.05, 3.63) is 33.8 Å². The Kier molecular flexibility index (Phi) is 6.26. The third-order valence-electron chi connectivity index (χ3n) is 4.08. The van der Waals surface area contributed by atoms with Crippen molar-refractivity contribution in [2.45, 2.75) is 31.5 Å². The molecular formula is C16H18Cl2N2O5.